The predicted molar refractivity (Wildman–Crippen MR) is 67.9 cm³/mol. The Balaban J connectivity index is 3.32. The molecular weight excluding hydrogens is 204 g/mol. The molecule has 1 unspecified atom stereocenters. The van der Waals surface area contributed by atoms with Crippen LogP contribution < -0.4 is 5.32 Å². The summed E-state index contributed by atoms with van der Waals surface area (Å²) in [5.74, 6) is 0. The molecule has 16 heavy (non-hydrogen) atoms. The van der Waals surface area contributed by atoms with Gasteiger partial charge < -0.3 is 19.7 Å². The third-order valence-electron chi connectivity index (χ3n) is 2.60. The number of nitrogens with one attached hydrogen (secondary N) is 1. The average molecular weight is 232 g/mol. The Bertz CT molecular complexity index is 141. The molecule has 0 aliphatic carbocycles. The molecule has 0 aromatic rings. The molecule has 4 nitrogen and oxygen atoms in total. The smallest absolute Gasteiger partial charge is 0.0700 e. The standard InChI is InChI=1S/C12H28N2O2/c1-5-14(6-2)11-12(3)13-7-8-16-10-9-15-4/h12-13H,5-11H2,1-4H3. The molecule has 0 saturated heterocycles. The van der Waals surface area contributed by atoms with Crippen molar-refractivity contribution in [3.63, 3.8) is 0 Å². The van der Waals surface area contributed by atoms with Crippen LogP contribution in [0.4, 0.5) is 0 Å². The van der Waals surface area contributed by atoms with Crippen LogP contribution in [0.3, 0.4) is 0 Å². The van der Waals surface area contributed by atoms with Crippen LogP contribution >= 0.6 is 0 Å². The van der Waals surface area contributed by atoms with Gasteiger partial charge in [0, 0.05) is 26.2 Å². The summed E-state index contributed by atoms with van der Waals surface area (Å²) < 4.78 is 10.3. The van der Waals surface area contributed by atoms with Crippen LogP contribution in [0.2, 0.25) is 0 Å². The lowest BCUT2D eigenvalue weighted by Crippen LogP contribution is -2.40. The van der Waals surface area contributed by atoms with Crippen LogP contribution in [0.1, 0.15) is 20.8 Å². The van der Waals surface area contributed by atoms with E-state index in [0.717, 1.165) is 32.8 Å². The van der Waals surface area contributed by atoms with E-state index < -0.39 is 0 Å². The van der Waals surface area contributed by atoms with Gasteiger partial charge in [0.05, 0.1) is 19.8 Å². The van der Waals surface area contributed by atoms with Gasteiger partial charge in [-0.15, -0.1) is 0 Å². The third kappa shape index (κ3) is 9.09. The molecule has 4 heteroatoms. The summed E-state index contributed by atoms with van der Waals surface area (Å²) in [6.45, 7) is 13.0. The Hall–Kier alpha value is -0.160. The van der Waals surface area contributed by atoms with Crippen LogP contribution in [-0.2, 0) is 9.47 Å². The minimum Gasteiger partial charge on any atom is -0.382 e. The molecule has 0 spiro atoms. The zero-order chi connectivity index (χ0) is 12.2. The quantitative estimate of drug-likeness (QED) is 0.538. The molecule has 0 fully saturated rings. The normalized spacial score (nSPS) is 13.3. The van der Waals surface area contributed by atoms with E-state index in [2.05, 4.69) is 31.0 Å². The van der Waals surface area contributed by atoms with Gasteiger partial charge in [-0.3, -0.25) is 0 Å². The fourth-order valence-corrected chi connectivity index (χ4v) is 1.56. The molecule has 0 amide bonds. The number of methoxy groups -OCH3 is 1. The first kappa shape index (κ1) is 15.8. The maximum absolute atomic E-state index is 5.38. The van der Waals surface area contributed by atoms with Gasteiger partial charge in [0.1, 0.15) is 0 Å². The summed E-state index contributed by atoms with van der Waals surface area (Å²) in [6.07, 6.45) is 0. The topological polar surface area (TPSA) is 33.7 Å². The molecule has 0 aromatic heterocycles. The highest BCUT2D eigenvalue weighted by Crippen LogP contribution is 1.91. The van der Waals surface area contributed by atoms with Gasteiger partial charge in [-0.2, -0.15) is 0 Å². The SMILES string of the molecule is CCN(CC)CC(C)NCCOCCOC. The first-order valence-electron chi connectivity index (χ1n) is 6.26. The molecule has 0 rings (SSSR count). The molecule has 0 aromatic carbocycles. The van der Waals surface area contributed by atoms with Gasteiger partial charge in [-0.1, -0.05) is 13.8 Å². The van der Waals surface area contributed by atoms with Crippen molar-refractivity contribution < 1.29 is 9.47 Å². The van der Waals surface area contributed by atoms with Gasteiger partial charge in [-0.25, -0.2) is 0 Å². The molecule has 0 aliphatic rings. The van der Waals surface area contributed by atoms with Gasteiger partial charge in [-0.05, 0) is 20.0 Å². The van der Waals surface area contributed by atoms with Crippen molar-refractivity contribution in [1.29, 1.82) is 0 Å². The fraction of sp³-hybridized carbons (Fsp3) is 1.00. The van der Waals surface area contributed by atoms with E-state index in [4.69, 9.17) is 9.47 Å². The molecule has 1 N–H and O–H groups in total. The molecule has 0 aliphatic heterocycles. The summed E-state index contributed by atoms with van der Waals surface area (Å²) >= 11 is 0. The van der Waals surface area contributed by atoms with Gasteiger partial charge in [0.2, 0.25) is 0 Å². The Kier molecular flexibility index (Phi) is 11.2. The molecule has 98 valence electrons. The second-order valence-electron chi connectivity index (χ2n) is 3.95. The summed E-state index contributed by atoms with van der Waals surface area (Å²) in [4.78, 5) is 2.42. The van der Waals surface area contributed by atoms with Crippen molar-refractivity contribution in [2.75, 3.05) is 53.1 Å². The number of ether oxygens (including phenoxy) is 2. The van der Waals surface area contributed by atoms with Crippen LogP contribution in [0.15, 0.2) is 0 Å². The molecule has 0 bridgehead atoms. The average Bonchev–Trinajstić information content (AvgIpc) is 2.30. The summed E-state index contributed by atoms with van der Waals surface area (Å²) in [7, 11) is 1.69. The van der Waals surface area contributed by atoms with Gasteiger partial charge in [0.15, 0.2) is 0 Å². The minimum absolute atomic E-state index is 0.519. The van der Waals surface area contributed by atoms with Crippen LogP contribution in [-0.4, -0.2) is 64.1 Å². The number of likely N-dealkylation sites (N-methyl/N-ethyl adjacent to an activating group) is 1. The number of nitrogens with zero attached hydrogens (tertiary/aromatic N) is 1. The number of hydrogen-bond acceptors (Lipinski definition) is 4. The lowest BCUT2D eigenvalue weighted by molar-refractivity contribution is 0.0707. The van der Waals surface area contributed by atoms with E-state index in [1.54, 1.807) is 7.11 Å². The highest BCUT2D eigenvalue weighted by atomic mass is 16.5. The maximum Gasteiger partial charge on any atom is 0.0700 e. The highest BCUT2D eigenvalue weighted by molar-refractivity contribution is 4.65. The predicted octanol–water partition coefficient (Wildman–Crippen LogP) is 0.969. The maximum atomic E-state index is 5.38. The zero-order valence-corrected chi connectivity index (χ0v) is 11.3. The monoisotopic (exact) mass is 232 g/mol. The van der Waals surface area contributed by atoms with Gasteiger partial charge >= 0.3 is 0 Å². The Morgan fingerprint density at radius 1 is 1.12 bits per heavy atom. The number of hydrogen-bond donors (Lipinski definition) is 1. The summed E-state index contributed by atoms with van der Waals surface area (Å²) in [5, 5.41) is 3.45. The zero-order valence-electron chi connectivity index (χ0n) is 11.3. The van der Waals surface area contributed by atoms with Crippen molar-refractivity contribution in [2.24, 2.45) is 0 Å². The van der Waals surface area contributed by atoms with E-state index >= 15 is 0 Å². The van der Waals surface area contributed by atoms with E-state index in [-0.39, 0.29) is 0 Å². The van der Waals surface area contributed by atoms with Crippen molar-refractivity contribution >= 4 is 0 Å². The first-order valence-corrected chi connectivity index (χ1v) is 6.26. The van der Waals surface area contributed by atoms with Crippen molar-refractivity contribution in [2.45, 2.75) is 26.8 Å². The lowest BCUT2D eigenvalue weighted by atomic mass is 10.3. The largest absolute Gasteiger partial charge is 0.382 e. The highest BCUT2D eigenvalue weighted by Gasteiger charge is 2.05. The van der Waals surface area contributed by atoms with E-state index in [9.17, 15) is 0 Å². The second kappa shape index (κ2) is 11.3. The molecule has 0 saturated carbocycles. The Morgan fingerprint density at radius 3 is 2.38 bits per heavy atom. The molecule has 1 atom stereocenters. The van der Waals surface area contributed by atoms with E-state index in [0.29, 0.717) is 19.3 Å². The van der Waals surface area contributed by atoms with Crippen LogP contribution in [0.5, 0.6) is 0 Å². The first-order chi connectivity index (χ1) is 7.74. The van der Waals surface area contributed by atoms with E-state index in [1.165, 1.54) is 0 Å². The van der Waals surface area contributed by atoms with Gasteiger partial charge in [0.25, 0.3) is 0 Å². The van der Waals surface area contributed by atoms with Crippen LogP contribution in [0.25, 0.3) is 0 Å². The number of rotatable bonds is 11. The third-order valence-corrected chi connectivity index (χ3v) is 2.60. The minimum atomic E-state index is 0.519. The Labute approximate surface area is 100 Å². The summed E-state index contributed by atoms with van der Waals surface area (Å²) in [6, 6.07) is 0.519. The Morgan fingerprint density at radius 2 is 1.81 bits per heavy atom. The van der Waals surface area contributed by atoms with Crippen molar-refractivity contribution in [3.05, 3.63) is 0 Å². The molecule has 0 heterocycles. The second-order valence-corrected chi connectivity index (χ2v) is 3.95. The molecule has 0 radical (unpaired) electrons. The van der Waals surface area contributed by atoms with Crippen molar-refractivity contribution in [3.8, 4) is 0 Å². The molecular formula is C12H28N2O2. The lowest BCUT2D eigenvalue weighted by Gasteiger charge is -2.23. The van der Waals surface area contributed by atoms with Crippen molar-refractivity contribution in [1.82, 2.24) is 10.2 Å². The van der Waals surface area contributed by atoms with Crippen LogP contribution in [0, 0.1) is 0 Å². The van der Waals surface area contributed by atoms with E-state index in [1.807, 2.05) is 0 Å². The fourth-order valence-electron chi connectivity index (χ4n) is 1.56. The summed E-state index contributed by atoms with van der Waals surface area (Å²) in [5.41, 5.74) is 0.